The summed E-state index contributed by atoms with van der Waals surface area (Å²) >= 11 is 0. The maximum Gasteiger partial charge on any atom is 0.239 e. The van der Waals surface area contributed by atoms with Crippen molar-refractivity contribution in [2.45, 2.75) is 33.2 Å². The van der Waals surface area contributed by atoms with E-state index in [1.54, 1.807) is 4.90 Å². The van der Waals surface area contributed by atoms with Crippen LogP contribution in [0.15, 0.2) is 0 Å². The van der Waals surface area contributed by atoms with Crippen LogP contribution < -0.4 is 5.32 Å². The van der Waals surface area contributed by atoms with E-state index in [9.17, 15) is 9.59 Å². The molecular formula is C14H27N3O3. The molecule has 0 spiro atoms. The Morgan fingerprint density at radius 3 is 2.65 bits per heavy atom. The predicted octanol–water partition coefficient (Wildman–Crippen LogP) is -0.326. The number of amides is 2. The van der Waals surface area contributed by atoms with E-state index in [0.29, 0.717) is 13.1 Å². The second kappa shape index (κ2) is 8.21. The molecule has 1 rings (SSSR count). The first-order valence-electron chi connectivity index (χ1n) is 7.36. The van der Waals surface area contributed by atoms with E-state index >= 15 is 0 Å². The monoisotopic (exact) mass is 285 g/mol. The lowest BCUT2D eigenvalue weighted by Gasteiger charge is -2.24. The molecule has 1 atom stereocenters. The molecule has 0 aliphatic carbocycles. The topological polar surface area (TPSA) is 72.9 Å². The van der Waals surface area contributed by atoms with E-state index in [0.717, 1.165) is 19.5 Å². The summed E-state index contributed by atoms with van der Waals surface area (Å²) < 4.78 is 0. The smallest absolute Gasteiger partial charge is 0.239 e. The number of rotatable bonds is 7. The summed E-state index contributed by atoms with van der Waals surface area (Å²) in [5, 5.41) is 11.9. The molecule has 6 nitrogen and oxygen atoms in total. The van der Waals surface area contributed by atoms with Gasteiger partial charge >= 0.3 is 0 Å². The molecule has 2 amide bonds. The van der Waals surface area contributed by atoms with Crippen LogP contribution in [0.3, 0.4) is 0 Å². The average Bonchev–Trinajstić information content (AvgIpc) is 2.82. The van der Waals surface area contributed by atoms with E-state index in [-0.39, 0.29) is 36.9 Å². The van der Waals surface area contributed by atoms with Crippen LogP contribution in [0, 0.1) is 5.92 Å². The summed E-state index contributed by atoms with van der Waals surface area (Å²) in [6.45, 7) is 8.43. The molecule has 6 heteroatoms. The van der Waals surface area contributed by atoms with Crippen molar-refractivity contribution in [3.8, 4) is 0 Å². The molecule has 0 aromatic rings. The summed E-state index contributed by atoms with van der Waals surface area (Å²) in [6.07, 6.45) is 0.934. The van der Waals surface area contributed by atoms with Gasteiger partial charge < -0.3 is 15.3 Å². The number of carbonyl (C=O) groups is 2. The van der Waals surface area contributed by atoms with Crippen LogP contribution in [0.25, 0.3) is 0 Å². The SMILES string of the molecule is CCN(CC(=O)NC(C)C)C(=O)CN1CCC(CO)C1. The second-order valence-corrected chi connectivity index (χ2v) is 5.70. The first-order valence-corrected chi connectivity index (χ1v) is 7.36. The number of carbonyl (C=O) groups excluding carboxylic acids is 2. The Morgan fingerprint density at radius 1 is 1.45 bits per heavy atom. The van der Waals surface area contributed by atoms with Gasteiger partial charge in [-0.05, 0) is 39.7 Å². The minimum Gasteiger partial charge on any atom is -0.396 e. The van der Waals surface area contributed by atoms with Crippen molar-refractivity contribution in [2.75, 3.05) is 39.3 Å². The molecule has 0 saturated carbocycles. The molecule has 1 aliphatic heterocycles. The number of nitrogens with one attached hydrogen (secondary N) is 1. The number of hydrogen-bond donors (Lipinski definition) is 2. The Bertz CT molecular complexity index is 334. The van der Waals surface area contributed by atoms with Gasteiger partial charge in [-0.1, -0.05) is 0 Å². The quantitative estimate of drug-likeness (QED) is 0.672. The van der Waals surface area contributed by atoms with Crippen LogP contribution in [0.5, 0.6) is 0 Å². The zero-order chi connectivity index (χ0) is 15.1. The lowest BCUT2D eigenvalue weighted by molar-refractivity contribution is -0.136. The fraction of sp³-hybridized carbons (Fsp3) is 0.857. The largest absolute Gasteiger partial charge is 0.396 e. The first-order chi connectivity index (χ1) is 9.46. The second-order valence-electron chi connectivity index (χ2n) is 5.70. The molecule has 2 N–H and O–H groups in total. The predicted molar refractivity (Wildman–Crippen MR) is 77.2 cm³/mol. The Kier molecular flexibility index (Phi) is 6.95. The van der Waals surface area contributed by atoms with E-state index in [2.05, 4.69) is 5.32 Å². The molecule has 1 unspecified atom stereocenters. The Labute approximate surface area is 121 Å². The Hall–Kier alpha value is -1.14. The van der Waals surface area contributed by atoms with Crippen LogP contribution in [0.4, 0.5) is 0 Å². The number of likely N-dealkylation sites (N-methyl/N-ethyl adjacent to an activating group) is 1. The Morgan fingerprint density at radius 2 is 2.15 bits per heavy atom. The zero-order valence-electron chi connectivity index (χ0n) is 12.8. The maximum atomic E-state index is 12.2. The highest BCUT2D eigenvalue weighted by Gasteiger charge is 2.25. The van der Waals surface area contributed by atoms with Gasteiger partial charge in [0.25, 0.3) is 0 Å². The van der Waals surface area contributed by atoms with Crippen LogP contribution in [0.1, 0.15) is 27.2 Å². The van der Waals surface area contributed by atoms with Crippen molar-refractivity contribution in [3.05, 3.63) is 0 Å². The normalized spacial score (nSPS) is 19.4. The lowest BCUT2D eigenvalue weighted by atomic mass is 10.1. The van der Waals surface area contributed by atoms with E-state index in [1.807, 2.05) is 25.7 Å². The standard InChI is InChI=1S/C14H27N3O3/c1-4-17(8-13(19)15-11(2)3)14(20)9-16-6-5-12(7-16)10-18/h11-12,18H,4-10H2,1-3H3,(H,15,19). The molecule has 1 saturated heterocycles. The van der Waals surface area contributed by atoms with Crippen LogP contribution in [0.2, 0.25) is 0 Å². The molecule has 20 heavy (non-hydrogen) atoms. The number of nitrogens with zero attached hydrogens (tertiary/aromatic N) is 2. The van der Waals surface area contributed by atoms with Crippen molar-refractivity contribution in [2.24, 2.45) is 5.92 Å². The molecule has 116 valence electrons. The van der Waals surface area contributed by atoms with E-state index in [4.69, 9.17) is 5.11 Å². The van der Waals surface area contributed by atoms with Gasteiger partial charge in [0.15, 0.2) is 0 Å². The third-order valence-electron chi connectivity index (χ3n) is 3.51. The fourth-order valence-electron chi connectivity index (χ4n) is 2.41. The third-order valence-corrected chi connectivity index (χ3v) is 3.51. The Balaban J connectivity index is 2.41. The molecule has 1 aliphatic rings. The third kappa shape index (κ3) is 5.46. The van der Waals surface area contributed by atoms with Crippen molar-refractivity contribution in [3.63, 3.8) is 0 Å². The summed E-state index contributed by atoms with van der Waals surface area (Å²) in [5.41, 5.74) is 0. The molecule has 1 heterocycles. The highest BCUT2D eigenvalue weighted by Crippen LogP contribution is 2.15. The summed E-state index contributed by atoms with van der Waals surface area (Å²) in [4.78, 5) is 27.5. The zero-order valence-corrected chi connectivity index (χ0v) is 12.8. The number of hydrogen-bond acceptors (Lipinski definition) is 4. The minimum atomic E-state index is -0.121. The number of aliphatic hydroxyl groups excluding tert-OH is 1. The molecule has 0 aromatic carbocycles. The maximum absolute atomic E-state index is 12.2. The average molecular weight is 285 g/mol. The van der Waals surface area contributed by atoms with Crippen molar-refractivity contribution >= 4 is 11.8 Å². The van der Waals surface area contributed by atoms with Gasteiger partial charge in [-0.15, -0.1) is 0 Å². The highest BCUT2D eigenvalue weighted by molar-refractivity contribution is 5.85. The first kappa shape index (κ1) is 16.9. The van der Waals surface area contributed by atoms with Gasteiger partial charge in [0.1, 0.15) is 0 Å². The van der Waals surface area contributed by atoms with E-state index in [1.165, 1.54) is 0 Å². The summed E-state index contributed by atoms with van der Waals surface area (Å²) in [5.74, 6) is 0.136. The van der Waals surface area contributed by atoms with Gasteiger partial charge in [-0.25, -0.2) is 0 Å². The van der Waals surface area contributed by atoms with Gasteiger partial charge in [-0.2, -0.15) is 0 Å². The highest BCUT2D eigenvalue weighted by atomic mass is 16.3. The summed E-state index contributed by atoms with van der Waals surface area (Å²) in [6, 6.07) is 0.0835. The molecule has 0 aromatic heterocycles. The molecule has 0 radical (unpaired) electrons. The minimum absolute atomic E-state index is 0.0232. The van der Waals surface area contributed by atoms with Crippen molar-refractivity contribution in [1.82, 2.24) is 15.1 Å². The summed E-state index contributed by atoms with van der Waals surface area (Å²) in [7, 11) is 0. The van der Waals surface area contributed by atoms with Crippen molar-refractivity contribution in [1.29, 1.82) is 0 Å². The molecule has 1 fully saturated rings. The van der Waals surface area contributed by atoms with Gasteiger partial charge in [0, 0.05) is 25.7 Å². The van der Waals surface area contributed by atoms with E-state index < -0.39 is 0 Å². The van der Waals surface area contributed by atoms with Crippen LogP contribution >= 0.6 is 0 Å². The van der Waals surface area contributed by atoms with Gasteiger partial charge in [-0.3, -0.25) is 14.5 Å². The van der Waals surface area contributed by atoms with Crippen LogP contribution in [-0.2, 0) is 9.59 Å². The van der Waals surface area contributed by atoms with Gasteiger partial charge in [0.05, 0.1) is 13.1 Å². The van der Waals surface area contributed by atoms with Crippen molar-refractivity contribution < 1.29 is 14.7 Å². The lowest BCUT2D eigenvalue weighted by Crippen LogP contribution is -2.46. The number of likely N-dealkylation sites (tertiary alicyclic amines) is 1. The number of aliphatic hydroxyl groups is 1. The molecule has 0 bridgehead atoms. The molecular weight excluding hydrogens is 258 g/mol. The van der Waals surface area contributed by atoms with Gasteiger partial charge in [0.2, 0.25) is 11.8 Å². The fourth-order valence-corrected chi connectivity index (χ4v) is 2.41. The van der Waals surface area contributed by atoms with Crippen LogP contribution in [-0.4, -0.2) is 72.1 Å².